The number of carbonyl (C=O) groups excluding carboxylic acids is 1. The Morgan fingerprint density at radius 1 is 1.24 bits per heavy atom. The van der Waals surface area contributed by atoms with Crippen molar-refractivity contribution in [2.45, 2.75) is 26.2 Å². The fourth-order valence-electron chi connectivity index (χ4n) is 1.84. The number of thiazole rings is 1. The lowest BCUT2D eigenvalue weighted by molar-refractivity contribution is -0.137. The Kier molecular flexibility index (Phi) is 5.05. The third-order valence-electron chi connectivity index (χ3n) is 2.88. The van der Waals surface area contributed by atoms with Crippen molar-refractivity contribution in [3.05, 3.63) is 34.7 Å². The minimum atomic E-state index is -0.884. The quantitative estimate of drug-likeness (QED) is 0.858. The average Bonchev–Trinajstić information content (AvgIpc) is 2.86. The molecule has 2 N–H and O–H groups in total. The SMILES string of the molecule is Cc1nc(-c2ccc(NC(=O)CCCC(=O)O)cc2)cs1. The van der Waals surface area contributed by atoms with Crippen LogP contribution in [-0.4, -0.2) is 22.0 Å². The molecule has 0 fully saturated rings. The number of amides is 1. The molecule has 1 aromatic heterocycles. The molecule has 0 aliphatic rings. The molecule has 0 radical (unpaired) electrons. The van der Waals surface area contributed by atoms with E-state index in [9.17, 15) is 9.59 Å². The Hall–Kier alpha value is -2.21. The Balaban J connectivity index is 1.90. The maximum absolute atomic E-state index is 11.6. The Morgan fingerprint density at radius 3 is 2.52 bits per heavy atom. The number of nitrogens with zero attached hydrogens (tertiary/aromatic N) is 1. The number of aromatic nitrogens is 1. The van der Waals surface area contributed by atoms with E-state index in [0.29, 0.717) is 12.1 Å². The van der Waals surface area contributed by atoms with Crippen molar-refractivity contribution in [2.24, 2.45) is 0 Å². The highest BCUT2D eigenvalue weighted by molar-refractivity contribution is 7.09. The molecule has 2 aromatic rings. The lowest BCUT2D eigenvalue weighted by atomic mass is 10.1. The van der Waals surface area contributed by atoms with Gasteiger partial charge in [0.25, 0.3) is 0 Å². The number of nitrogens with one attached hydrogen (secondary N) is 1. The summed E-state index contributed by atoms with van der Waals surface area (Å²) in [6, 6.07) is 7.45. The van der Waals surface area contributed by atoms with E-state index < -0.39 is 5.97 Å². The smallest absolute Gasteiger partial charge is 0.303 e. The highest BCUT2D eigenvalue weighted by Crippen LogP contribution is 2.23. The number of aryl methyl sites for hydroxylation is 1. The van der Waals surface area contributed by atoms with Gasteiger partial charge in [0, 0.05) is 29.5 Å². The predicted molar refractivity (Wildman–Crippen MR) is 82.4 cm³/mol. The molecule has 0 aliphatic heterocycles. The first-order valence-corrected chi connectivity index (χ1v) is 7.47. The van der Waals surface area contributed by atoms with Gasteiger partial charge in [-0.2, -0.15) is 0 Å². The number of carboxylic acids is 1. The van der Waals surface area contributed by atoms with Crippen LogP contribution in [0.2, 0.25) is 0 Å². The number of anilines is 1. The first kappa shape index (κ1) is 15.2. The highest BCUT2D eigenvalue weighted by Gasteiger charge is 2.06. The van der Waals surface area contributed by atoms with Gasteiger partial charge in [-0.15, -0.1) is 11.3 Å². The molecular formula is C15H16N2O3S. The number of aliphatic carboxylic acids is 1. The van der Waals surface area contributed by atoms with Crippen LogP contribution in [0.3, 0.4) is 0 Å². The molecule has 110 valence electrons. The summed E-state index contributed by atoms with van der Waals surface area (Å²) < 4.78 is 0. The van der Waals surface area contributed by atoms with Crippen LogP contribution in [-0.2, 0) is 9.59 Å². The summed E-state index contributed by atoms with van der Waals surface area (Å²) in [4.78, 5) is 26.4. The minimum absolute atomic E-state index is 0.00946. The van der Waals surface area contributed by atoms with Crippen LogP contribution < -0.4 is 5.32 Å². The molecule has 5 nitrogen and oxygen atoms in total. The molecule has 0 bridgehead atoms. The van der Waals surface area contributed by atoms with Crippen LogP contribution in [0.1, 0.15) is 24.3 Å². The van der Waals surface area contributed by atoms with E-state index in [1.54, 1.807) is 11.3 Å². The summed E-state index contributed by atoms with van der Waals surface area (Å²) in [5, 5.41) is 14.3. The number of hydrogen-bond donors (Lipinski definition) is 2. The number of hydrogen-bond acceptors (Lipinski definition) is 4. The second-order valence-corrected chi connectivity index (χ2v) is 5.69. The van der Waals surface area contributed by atoms with E-state index in [4.69, 9.17) is 5.11 Å². The van der Waals surface area contributed by atoms with Gasteiger partial charge in [-0.05, 0) is 25.5 Å². The molecule has 1 amide bonds. The number of rotatable bonds is 6. The molecule has 2 rings (SSSR count). The molecule has 0 atom stereocenters. The van der Waals surface area contributed by atoms with E-state index in [2.05, 4.69) is 10.3 Å². The fourth-order valence-corrected chi connectivity index (χ4v) is 2.47. The first-order chi connectivity index (χ1) is 10.0. The standard InChI is InChI=1S/C15H16N2O3S/c1-10-16-13(9-21-10)11-5-7-12(8-6-11)17-14(18)3-2-4-15(19)20/h5-9H,2-4H2,1H3,(H,17,18)(H,19,20). The number of carbonyl (C=O) groups is 2. The Labute approximate surface area is 126 Å². The second-order valence-electron chi connectivity index (χ2n) is 4.62. The summed E-state index contributed by atoms with van der Waals surface area (Å²) in [7, 11) is 0. The van der Waals surface area contributed by atoms with Gasteiger partial charge in [0.15, 0.2) is 0 Å². The summed E-state index contributed by atoms with van der Waals surface area (Å²) in [6.45, 7) is 1.96. The molecule has 0 unspecified atom stereocenters. The van der Waals surface area contributed by atoms with Crippen molar-refractivity contribution >= 4 is 28.9 Å². The van der Waals surface area contributed by atoms with Gasteiger partial charge in [0.1, 0.15) is 0 Å². The molecule has 0 saturated carbocycles. The largest absolute Gasteiger partial charge is 0.481 e. The number of benzene rings is 1. The van der Waals surface area contributed by atoms with Gasteiger partial charge >= 0.3 is 5.97 Å². The summed E-state index contributed by atoms with van der Waals surface area (Å²) in [6.07, 6.45) is 0.562. The highest BCUT2D eigenvalue weighted by atomic mass is 32.1. The zero-order valence-electron chi connectivity index (χ0n) is 11.6. The monoisotopic (exact) mass is 304 g/mol. The number of carboxylic acid groups (broad SMARTS) is 1. The molecule has 0 spiro atoms. The van der Waals surface area contributed by atoms with Crippen LogP contribution in [0.15, 0.2) is 29.6 Å². The molecule has 6 heteroatoms. The summed E-state index contributed by atoms with van der Waals surface area (Å²) in [5.41, 5.74) is 2.63. The van der Waals surface area contributed by atoms with Crippen LogP contribution in [0.25, 0.3) is 11.3 Å². The zero-order chi connectivity index (χ0) is 15.2. The molecule has 0 saturated heterocycles. The first-order valence-electron chi connectivity index (χ1n) is 6.59. The normalized spacial score (nSPS) is 10.3. The third-order valence-corrected chi connectivity index (χ3v) is 3.65. The van der Waals surface area contributed by atoms with Crippen LogP contribution in [0.5, 0.6) is 0 Å². The van der Waals surface area contributed by atoms with Crippen molar-refractivity contribution < 1.29 is 14.7 Å². The lowest BCUT2D eigenvalue weighted by Crippen LogP contribution is -2.11. The molecule has 1 aromatic carbocycles. The molecule has 1 heterocycles. The van der Waals surface area contributed by atoms with Crippen molar-refractivity contribution in [2.75, 3.05) is 5.32 Å². The van der Waals surface area contributed by atoms with Crippen molar-refractivity contribution in [3.63, 3.8) is 0 Å². The van der Waals surface area contributed by atoms with E-state index >= 15 is 0 Å². The van der Waals surface area contributed by atoms with Crippen molar-refractivity contribution in [3.8, 4) is 11.3 Å². The van der Waals surface area contributed by atoms with Crippen molar-refractivity contribution in [1.29, 1.82) is 0 Å². The van der Waals surface area contributed by atoms with E-state index in [1.165, 1.54) is 0 Å². The van der Waals surface area contributed by atoms with E-state index in [-0.39, 0.29) is 18.7 Å². The van der Waals surface area contributed by atoms with Crippen LogP contribution >= 0.6 is 11.3 Å². The average molecular weight is 304 g/mol. The Morgan fingerprint density at radius 2 is 1.95 bits per heavy atom. The maximum atomic E-state index is 11.6. The van der Waals surface area contributed by atoms with Crippen LogP contribution in [0.4, 0.5) is 5.69 Å². The Bertz CT molecular complexity index is 635. The summed E-state index contributed by atoms with van der Waals surface area (Å²) in [5.74, 6) is -1.06. The maximum Gasteiger partial charge on any atom is 0.303 e. The van der Waals surface area contributed by atoms with Gasteiger partial charge in [0.2, 0.25) is 5.91 Å². The van der Waals surface area contributed by atoms with Gasteiger partial charge in [-0.3, -0.25) is 9.59 Å². The van der Waals surface area contributed by atoms with Gasteiger partial charge in [-0.1, -0.05) is 12.1 Å². The van der Waals surface area contributed by atoms with Gasteiger partial charge in [0.05, 0.1) is 10.7 Å². The van der Waals surface area contributed by atoms with E-state index in [0.717, 1.165) is 16.3 Å². The third kappa shape index (κ3) is 4.68. The predicted octanol–water partition coefficient (Wildman–Crippen LogP) is 3.31. The topological polar surface area (TPSA) is 79.3 Å². The molecular weight excluding hydrogens is 288 g/mol. The zero-order valence-corrected chi connectivity index (χ0v) is 12.4. The van der Waals surface area contributed by atoms with Crippen LogP contribution in [0, 0.1) is 6.92 Å². The van der Waals surface area contributed by atoms with E-state index in [1.807, 2.05) is 36.6 Å². The second kappa shape index (κ2) is 6.99. The van der Waals surface area contributed by atoms with Gasteiger partial charge < -0.3 is 10.4 Å². The summed E-state index contributed by atoms with van der Waals surface area (Å²) >= 11 is 1.60. The molecule has 21 heavy (non-hydrogen) atoms. The van der Waals surface area contributed by atoms with Gasteiger partial charge in [-0.25, -0.2) is 4.98 Å². The van der Waals surface area contributed by atoms with Crippen molar-refractivity contribution in [1.82, 2.24) is 4.98 Å². The minimum Gasteiger partial charge on any atom is -0.481 e. The molecule has 0 aliphatic carbocycles. The lowest BCUT2D eigenvalue weighted by Gasteiger charge is -2.05. The fraction of sp³-hybridized carbons (Fsp3) is 0.267.